The standard InChI is InChI=1S/C15H19NO4S/c1-5-10-16(11-14(17)18)21(19,20)13-8-6-12(7-9-13)15(2,3)4/h1,6-9H,10-11H2,2-4H3,(H,17,18). The normalized spacial score (nSPS) is 12.1. The smallest absolute Gasteiger partial charge is 0.318 e. The number of carbonyl (C=O) groups is 1. The number of terminal acetylenes is 1. The van der Waals surface area contributed by atoms with Crippen LogP contribution >= 0.6 is 0 Å². The molecule has 114 valence electrons. The lowest BCUT2D eigenvalue weighted by Crippen LogP contribution is -2.36. The van der Waals surface area contributed by atoms with Crippen molar-refractivity contribution in [3.8, 4) is 12.3 Å². The molecule has 1 aromatic carbocycles. The summed E-state index contributed by atoms with van der Waals surface area (Å²) < 4.78 is 25.5. The average molecular weight is 309 g/mol. The number of benzene rings is 1. The summed E-state index contributed by atoms with van der Waals surface area (Å²) in [5.74, 6) is 0.918. The molecule has 0 fully saturated rings. The van der Waals surface area contributed by atoms with Crippen LogP contribution < -0.4 is 0 Å². The minimum absolute atomic E-state index is 0.0343. The fourth-order valence-electron chi connectivity index (χ4n) is 1.75. The average Bonchev–Trinajstić information content (AvgIpc) is 2.37. The third kappa shape index (κ3) is 4.31. The first-order chi connectivity index (χ1) is 9.59. The molecule has 1 rings (SSSR count). The van der Waals surface area contributed by atoms with Crippen molar-refractivity contribution < 1.29 is 18.3 Å². The van der Waals surface area contributed by atoms with Crippen LogP contribution in [0.2, 0.25) is 0 Å². The van der Waals surface area contributed by atoms with Gasteiger partial charge in [-0.15, -0.1) is 6.42 Å². The first-order valence-electron chi connectivity index (χ1n) is 6.35. The third-order valence-electron chi connectivity index (χ3n) is 2.94. The second kappa shape index (κ2) is 6.29. The van der Waals surface area contributed by atoms with E-state index in [0.717, 1.165) is 9.87 Å². The van der Waals surface area contributed by atoms with Gasteiger partial charge < -0.3 is 5.11 Å². The van der Waals surface area contributed by atoms with Gasteiger partial charge in [0.1, 0.15) is 6.54 Å². The Hall–Kier alpha value is -1.84. The first-order valence-corrected chi connectivity index (χ1v) is 7.79. The van der Waals surface area contributed by atoms with Crippen molar-refractivity contribution in [2.45, 2.75) is 31.1 Å². The monoisotopic (exact) mass is 309 g/mol. The van der Waals surface area contributed by atoms with Crippen molar-refractivity contribution in [3.63, 3.8) is 0 Å². The SMILES string of the molecule is C#CCN(CC(=O)O)S(=O)(=O)c1ccc(C(C)(C)C)cc1. The Morgan fingerprint density at radius 2 is 1.81 bits per heavy atom. The van der Waals surface area contributed by atoms with E-state index in [1.807, 2.05) is 20.8 Å². The summed E-state index contributed by atoms with van der Waals surface area (Å²) in [6.45, 7) is 5.12. The number of sulfonamides is 1. The van der Waals surface area contributed by atoms with E-state index < -0.39 is 22.5 Å². The lowest BCUT2D eigenvalue weighted by atomic mass is 9.87. The largest absolute Gasteiger partial charge is 0.480 e. The zero-order valence-corrected chi connectivity index (χ0v) is 13.1. The molecule has 0 saturated carbocycles. The molecular formula is C15H19NO4S. The number of hydrogen-bond donors (Lipinski definition) is 1. The summed E-state index contributed by atoms with van der Waals surface area (Å²) in [6, 6.07) is 6.39. The number of nitrogens with zero attached hydrogens (tertiary/aromatic N) is 1. The van der Waals surface area contributed by atoms with Gasteiger partial charge in [-0.25, -0.2) is 8.42 Å². The maximum Gasteiger partial charge on any atom is 0.318 e. The van der Waals surface area contributed by atoms with Crippen molar-refractivity contribution in [3.05, 3.63) is 29.8 Å². The molecular weight excluding hydrogens is 290 g/mol. The van der Waals surface area contributed by atoms with E-state index in [1.165, 1.54) is 12.1 Å². The predicted octanol–water partition coefficient (Wildman–Crippen LogP) is 1.69. The summed E-state index contributed by atoms with van der Waals surface area (Å²) in [7, 11) is -3.91. The summed E-state index contributed by atoms with van der Waals surface area (Å²) in [4.78, 5) is 10.8. The number of rotatable bonds is 5. The molecule has 0 aliphatic heterocycles. The van der Waals surface area contributed by atoms with Gasteiger partial charge in [0.15, 0.2) is 0 Å². The number of aliphatic carboxylic acids is 1. The number of hydrogen-bond acceptors (Lipinski definition) is 3. The Balaban J connectivity index is 3.17. The highest BCUT2D eigenvalue weighted by atomic mass is 32.2. The highest BCUT2D eigenvalue weighted by Gasteiger charge is 2.26. The van der Waals surface area contributed by atoms with Crippen molar-refractivity contribution in [1.29, 1.82) is 0 Å². The minimum Gasteiger partial charge on any atom is -0.480 e. The van der Waals surface area contributed by atoms with E-state index in [1.54, 1.807) is 12.1 Å². The summed E-state index contributed by atoms with van der Waals surface area (Å²) in [6.07, 6.45) is 5.11. The molecule has 1 aromatic rings. The number of carboxylic acids is 1. The van der Waals surface area contributed by atoms with E-state index in [9.17, 15) is 13.2 Å². The van der Waals surface area contributed by atoms with Gasteiger partial charge in [-0.1, -0.05) is 38.8 Å². The highest BCUT2D eigenvalue weighted by molar-refractivity contribution is 7.89. The molecule has 6 heteroatoms. The Kier molecular flexibility index (Phi) is 5.15. The molecule has 0 heterocycles. The molecule has 0 bridgehead atoms. The first kappa shape index (κ1) is 17.2. The topological polar surface area (TPSA) is 74.7 Å². The fraction of sp³-hybridized carbons (Fsp3) is 0.400. The lowest BCUT2D eigenvalue weighted by Gasteiger charge is -2.21. The molecule has 21 heavy (non-hydrogen) atoms. The van der Waals surface area contributed by atoms with Gasteiger partial charge in [-0.3, -0.25) is 4.79 Å². The van der Waals surface area contributed by atoms with Crippen molar-refractivity contribution >= 4 is 16.0 Å². The molecule has 0 aliphatic rings. The summed E-state index contributed by atoms with van der Waals surface area (Å²) in [5, 5.41) is 8.80. The summed E-state index contributed by atoms with van der Waals surface area (Å²) >= 11 is 0. The summed E-state index contributed by atoms with van der Waals surface area (Å²) in [5.41, 5.74) is 0.894. The molecule has 0 saturated heterocycles. The molecule has 0 spiro atoms. The van der Waals surface area contributed by atoms with E-state index >= 15 is 0 Å². The Labute approximate surface area is 125 Å². The quantitative estimate of drug-likeness (QED) is 0.840. The highest BCUT2D eigenvalue weighted by Crippen LogP contribution is 2.24. The number of carboxylic acid groups (broad SMARTS) is 1. The zero-order chi connectivity index (χ0) is 16.3. The van der Waals surface area contributed by atoms with Crippen molar-refractivity contribution in [1.82, 2.24) is 4.31 Å². The van der Waals surface area contributed by atoms with E-state index in [0.29, 0.717) is 0 Å². The third-order valence-corrected chi connectivity index (χ3v) is 4.74. The molecule has 0 atom stereocenters. The van der Waals surface area contributed by atoms with Crippen molar-refractivity contribution in [2.75, 3.05) is 13.1 Å². The van der Waals surface area contributed by atoms with Gasteiger partial charge in [0.2, 0.25) is 10.0 Å². The van der Waals surface area contributed by atoms with Crippen molar-refractivity contribution in [2.24, 2.45) is 0 Å². The van der Waals surface area contributed by atoms with Gasteiger partial charge >= 0.3 is 5.97 Å². The fourth-order valence-corrected chi connectivity index (χ4v) is 3.06. The molecule has 0 aliphatic carbocycles. The molecule has 5 nitrogen and oxygen atoms in total. The van der Waals surface area contributed by atoms with E-state index in [-0.39, 0.29) is 16.9 Å². The molecule has 0 aromatic heterocycles. The second-order valence-corrected chi connectivity index (χ2v) is 7.58. The van der Waals surface area contributed by atoms with Crippen LogP contribution in [0.3, 0.4) is 0 Å². The van der Waals surface area contributed by atoms with Crippen LogP contribution in [0.4, 0.5) is 0 Å². The second-order valence-electron chi connectivity index (χ2n) is 5.65. The zero-order valence-electron chi connectivity index (χ0n) is 12.3. The minimum atomic E-state index is -3.91. The van der Waals surface area contributed by atoms with Crippen LogP contribution in [0.5, 0.6) is 0 Å². The van der Waals surface area contributed by atoms with Crippen LogP contribution in [0, 0.1) is 12.3 Å². The molecule has 0 unspecified atom stereocenters. The van der Waals surface area contributed by atoms with Crippen LogP contribution in [-0.4, -0.2) is 36.9 Å². The Morgan fingerprint density at radius 1 is 1.29 bits per heavy atom. The molecule has 1 N–H and O–H groups in total. The maximum absolute atomic E-state index is 12.4. The lowest BCUT2D eigenvalue weighted by molar-refractivity contribution is -0.137. The van der Waals surface area contributed by atoms with Crippen LogP contribution in [0.25, 0.3) is 0 Å². The molecule has 0 amide bonds. The van der Waals surface area contributed by atoms with E-state index in [4.69, 9.17) is 11.5 Å². The van der Waals surface area contributed by atoms with Crippen LogP contribution in [0.15, 0.2) is 29.2 Å². The molecule has 0 radical (unpaired) electrons. The van der Waals surface area contributed by atoms with Gasteiger partial charge in [-0.05, 0) is 23.1 Å². The van der Waals surface area contributed by atoms with Gasteiger partial charge in [0.25, 0.3) is 0 Å². The van der Waals surface area contributed by atoms with Gasteiger partial charge in [0, 0.05) is 0 Å². The maximum atomic E-state index is 12.4. The van der Waals surface area contributed by atoms with Gasteiger partial charge in [-0.2, -0.15) is 4.31 Å². The van der Waals surface area contributed by atoms with Crippen LogP contribution in [-0.2, 0) is 20.2 Å². The van der Waals surface area contributed by atoms with E-state index in [2.05, 4.69) is 5.92 Å². The Bertz CT molecular complexity index is 648. The predicted molar refractivity (Wildman–Crippen MR) is 80.4 cm³/mol. The van der Waals surface area contributed by atoms with Crippen LogP contribution in [0.1, 0.15) is 26.3 Å². The Morgan fingerprint density at radius 3 is 2.19 bits per heavy atom. The van der Waals surface area contributed by atoms with Gasteiger partial charge in [0.05, 0.1) is 11.4 Å².